The van der Waals surface area contributed by atoms with E-state index >= 15 is 0 Å². The van der Waals surface area contributed by atoms with Gasteiger partial charge in [-0.2, -0.15) is 10.2 Å². The molecule has 1 aromatic carbocycles. The highest BCUT2D eigenvalue weighted by Gasteiger charge is 2.12. The molecule has 108 valence electrons. The molecule has 3 aromatic rings. The second kappa shape index (κ2) is 5.33. The van der Waals surface area contributed by atoms with Crippen LogP contribution in [0.15, 0.2) is 35.1 Å². The lowest BCUT2D eigenvalue weighted by atomic mass is 10.2. The summed E-state index contributed by atoms with van der Waals surface area (Å²) in [4.78, 5) is 4.34. The number of halogens is 1. The van der Waals surface area contributed by atoms with Crippen LogP contribution in [0.25, 0.3) is 11.4 Å². The summed E-state index contributed by atoms with van der Waals surface area (Å²) in [5.74, 6) is 0.685. The van der Waals surface area contributed by atoms with Gasteiger partial charge in [-0.1, -0.05) is 0 Å². The zero-order chi connectivity index (χ0) is 15.0. The molecule has 0 aliphatic carbocycles. The molecule has 0 aliphatic rings. The first kappa shape index (κ1) is 13.8. The van der Waals surface area contributed by atoms with E-state index in [0.717, 1.165) is 27.1 Å². The van der Waals surface area contributed by atoms with Crippen molar-refractivity contribution in [3.05, 3.63) is 46.5 Å². The second-order valence-electron chi connectivity index (χ2n) is 4.86. The van der Waals surface area contributed by atoms with Crippen LogP contribution in [0, 0.1) is 6.92 Å². The second-order valence-corrected chi connectivity index (χ2v) is 5.65. The van der Waals surface area contributed by atoms with Crippen molar-refractivity contribution in [1.29, 1.82) is 0 Å². The number of hydrogen-bond donors (Lipinski definition) is 1. The summed E-state index contributed by atoms with van der Waals surface area (Å²) in [5.41, 5.74) is 9.38. The van der Waals surface area contributed by atoms with Gasteiger partial charge in [0.05, 0.1) is 22.4 Å². The standard InChI is InChI=1S/C14H15BrN6/c1-9-13(15)12(20(2)18-9)7-21-8-17-14(19-21)10-3-5-11(16)6-4-10/h3-6,8H,7,16H2,1-2H3. The number of hydrogen-bond acceptors (Lipinski definition) is 4. The van der Waals surface area contributed by atoms with Gasteiger partial charge in [-0.25, -0.2) is 9.67 Å². The lowest BCUT2D eigenvalue weighted by molar-refractivity contribution is 0.617. The topological polar surface area (TPSA) is 74.5 Å². The van der Waals surface area contributed by atoms with Crippen molar-refractivity contribution >= 4 is 21.6 Å². The van der Waals surface area contributed by atoms with Crippen LogP contribution in [0.4, 0.5) is 5.69 Å². The number of anilines is 1. The average Bonchev–Trinajstić information content (AvgIpc) is 3.01. The van der Waals surface area contributed by atoms with Gasteiger partial charge in [0, 0.05) is 18.3 Å². The van der Waals surface area contributed by atoms with E-state index in [1.165, 1.54) is 0 Å². The molecule has 3 rings (SSSR count). The van der Waals surface area contributed by atoms with Crippen LogP contribution in [0.2, 0.25) is 0 Å². The Morgan fingerprint density at radius 1 is 1.19 bits per heavy atom. The van der Waals surface area contributed by atoms with Gasteiger partial charge in [0.1, 0.15) is 6.33 Å². The molecule has 0 fully saturated rings. The maximum absolute atomic E-state index is 5.69. The first-order valence-electron chi connectivity index (χ1n) is 6.48. The number of nitrogen functional groups attached to an aromatic ring is 1. The van der Waals surface area contributed by atoms with E-state index in [2.05, 4.69) is 31.1 Å². The monoisotopic (exact) mass is 346 g/mol. The van der Waals surface area contributed by atoms with Crippen LogP contribution in [0.1, 0.15) is 11.4 Å². The van der Waals surface area contributed by atoms with Gasteiger partial charge in [-0.3, -0.25) is 4.68 Å². The van der Waals surface area contributed by atoms with Crippen molar-refractivity contribution in [3.8, 4) is 11.4 Å². The molecule has 2 N–H and O–H groups in total. The summed E-state index contributed by atoms with van der Waals surface area (Å²) in [6.07, 6.45) is 1.72. The van der Waals surface area contributed by atoms with Crippen molar-refractivity contribution in [2.75, 3.05) is 5.73 Å². The lowest BCUT2D eigenvalue weighted by Crippen LogP contribution is -2.06. The molecular formula is C14H15BrN6. The molecule has 0 unspecified atom stereocenters. The minimum atomic E-state index is 0.611. The molecule has 0 atom stereocenters. The van der Waals surface area contributed by atoms with E-state index in [1.54, 1.807) is 11.0 Å². The Morgan fingerprint density at radius 2 is 1.90 bits per heavy atom. The fourth-order valence-electron chi connectivity index (χ4n) is 2.14. The highest BCUT2D eigenvalue weighted by atomic mass is 79.9. The van der Waals surface area contributed by atoms with Crippen LogP contribution in [-0.4, -0.2) is 24.5 Å². The van der Waals surface area contributed by atoms with Crippen molar-refractivity contribution in [1.82, 2.24) is 24.5 Å². The molecule has 0 amide bonds. The third-order valence-electron chi connectivity index (χ3n) is 3.28. The Bertz CT molecular complexity index is 771. The molecule has 7 heteroatoms. The zero-order valence-corrected chi connectivity index (χ0v) is 13.4. The Morgan fingerprint density at radius 3 is 2.52 bits per heavy atom. The Labute approximate surface area is 130 Å². The van der Waals surface area contributed by atoms with E-state index in [0.29, 0.717) is 12.4 Å². The van der Waals surface area contributed by atoms with Gasteiger partial charge in [-0.15, -0.1) is 0 Å². The molecule has 0 spiro atoms. The number of nitrogens with two attached hydrogens (primary N) is 1. The van der Waals surface area contributed by atoms with E-state index in [4.69, 9.17) is 5.73 Å². The molecule has 0 radical (unpaired) electrons. The molecule has 0 bridgehead atoms. The molecule has 0 saturated heterocycles. The van der Waals surface area contributed by atoms with Gasteiger partial charge in [0.25, 0.3) is 0 Å². The fraction of sp³-hybridized carbons (Fsp3) is 0.214. The molecule has 2 heterocycles. The van der Waals surface area contributed by atoms with E-state index in [-0.39, 0.29) is 0 Å². The SMILES string of the molecule is Cc1nn(C)c(Cn2cnc(-c3ccc(N)cc3)n2)c1Br. The third-order valence-corrected chi connectivity index (χ3v) is 4.31. The van der Waals surface area contributed by atoms with E-state index in [1.807, 2.05) is 42.9 Å². The lowest BCUT2D eigenvalue weighted by Gasteiger charge is -2.02. The summed E-state index contributed by atoms with van der Waals surface area (Å²) >= 11 is 3.56. The van der Waals surface area contributed by atoms with Gasteiger partial charge in [-0.05, 0) is 47.1 Å². The highest BCUT2D eigenvalue weighted by Crippen LogP contribution is 2.21. The van der Waals surface area contributed by atoms with Crippen LogP contribution < -0.4 is 5.73 Å². The van der Waals surface area contributed by atoms with Gasteiger partial charge >= 0.3 is 0 Å². The van der Waals surface area contributed by atoms with Gasteiger partial charge in [0.2, 0.25) is 0 Å². The summed E-state index contributed by atoms with van der Waals surface area (Å²) in [6.45, 7) is 2.58. The maximum atomic E-state index is 5.69. The average molecular weight is 347 g/mol. The van der Waals surface area contributed by atoms with E-state index in [9.17, 15) is 0 Å². The minimum absolute atomic E-state index is 0.611. The number of benzene rings is 1. The van der Waals surface area contributed by atoms with Gasteiger partial charge in [0.15, 0.2) is 5.82 Å². The summed E-state index contributed by atoms with van der Waals surface area (Å²) < 4.78 is 4.66. The number of aromatic nitrogens is 5. The van der Waals surface area contributed by atoms with Crippen molar-refractivity contribution in [2.24, 2.45) is 7.05 Å². The zero-order valence-electron chi connectivity index (χ0n) is 11.8. The van der Waals surface area contributed by atoms with Crippen LogP contribution in [0.3, 0.4) is 0 Å². The van der Waals surface area contributed by atoms with Crippen molar-refractivity contribution < 1.29 is 0 Å². The van der Waals surface area contributed by atoms with Gasteiger partial charge < -0.3 is 5.73 Å². The van der Waals surface area contributed by atoms with Crippen LogP contribution in [0.5, 0.6) is 0 Å². The quantitative estimate of drug-likeness (QED) is 0.738. The summed E-state index contributed by atoms with van der Waals surface area (Å²) in [6, 6.07) is 7.52. The Balaban J connectivity index is 1.87. The minimum Gasteiger partial charge on any atom is -0.399 e. The predicted octanol–water partition coefficient (Wildman–Crippen LogP) is 2.38. The number of rotatable bonds is 3. The van der Waals surface area contributed by atoms with E-state index < -0.39 is 0 Å². The highest BCUT2D eigenvalue weighted by molar-refractivity contribution is 9.10. The fourth-order valence-corrected chi connectivity index (χ4v) is 2.60. The van der Waals surface area contributed by atoms with Crippen molar-refractivity contribution in [3.63, 3.8) is 0 Å². The number of aryl methyl sites for hydroxylation is 2. The molecule has 2 aromatic heterocycles. The van der Waals surface area contributed by atoms with Crippen LogP contribution in [-0.2, 0) is 13.6 Å². The summed E-state index contributed by atoms with van der Waals surface area (Å²) in [5, 5.41) is 8.88. The van der Waals surface area contributed by atoms with Crippen LogP contribution >= 0.6 is 15.9 Å². The Kier molecular flexibility index (Phi) is 3.50. The molecule has 0 saturated carbocycles. The molecule has 21 heavy (non-hydrogen) atoms. The number of nitrogens with zero attached hydrogens (tertiary/aromatic N) is 5. The first-order chi connectivity index (χ1) is 10.0. The predicted molar refractivity (Wildman–Crippen MR) is 84.6 cm³/mol. The maximum Gasteiger partial charge on any atom is 0.181 e. The Hall–Kier alpha value is -2.15. The molecule has 6 nitrogen and oxygen atoms in total. The molecule has 0 aliphatic heterocycles. The normalized spacial score (nSPS) is 11.0. The summed E-state index contributed by atoms with van der Waals surface area (Å²) in [7, 11) is 1.92. The smallest absolute Gasteiger partial charge is 0.181 e. The molecular weight excluding hydrogens is 332 g/mol. The first-order valence-corrected chi connectivity index (χ1v) is 7.27. The van der Waals surface area contributed by atoms with Crippen molar-refractivity contribution in [2.45, 2.75) is 13.5 Å². The third kappa shape index (κ3) is 2.69. The largest absolute Gasteiger partial charge is 0.399 e.